The topological polar surface area (TPSA) is 56.0 Å². The molecule has 1 aromatic carbocycles. The van der Waals surface area contributed by atoms with Crippen molar-refractivity contribution >= 4 is 11.5 Å². The van der Waals surface area contributed by atoms with Crippen LogP contribution in [0.4, 0.5) is 5.69 Å². The summed E-state index contributed by atoms with van der Waals surface area (Å²) in [5.74, 6) is 0.0120. The van der Waals surface area contributed by atoms with Crippen LogP contribution in [0.1, 0.15) is 34.1 Å². The van der Waals surface area contributed by atoms with Gasteiger partial charge in [0.25, 0.3) is 0 Å². The fourth-order valence-electron chi connectivity index (χ4n) is 1.94. The van der Waals surface area contributed by atoms with Crippen LogP contribution < -0.4 is 5.73 Å². The summed E-state index contributed by atoms with van der Waals surface area (Å²) < 4.78 is 0. The number of ketones is 1. The zero-order chi connectivity index (χ0) is 13.8. The first kappa shape index (κ1) is 13.3. The average Bonchev–Trinajstić information content (AvgIpc) is 2.42. The minimum atomic E-state index is 0.0120. The Morgan fingerprint density at radius 2 is 2.05 bits per heavy atom. The average molecular weight is 254 g/mol. The molecule has 0 aliphatic rings. The second kappa shape index (κ2) is 5.65. The van der Waals surface area contributed by atoms with Crippen LogP contribution in [0, 0.1) is 6.92 Å². The summed E-state index contributed by atoms with van der Waals surface area (Å²) in [6, 6.07) is 9.42. The van der Waals surface area contributed by atoms with Gasteiger partial charge >= 0.3 is 0 Å². The van der Waals surface area contributed by atoms with Crippen LogP contribution in [-0.4, -0.2) is 10.8 Å². The Morgan fingerprint density at radius 3 is 2.68 bits per heavy atom. The first-order chi connectivity index (χ1) is 9.10. The lowest BCUT2D eigenvalue weighted by molar-refractivity contribution is 0.0992. The van der Waals surface area contributed by atoms with E-state index in [2.05, 4.69) is 11.9 Å². The second-order valence-corrected chi connectivity index (χ2v) is 4.70. The molecule has 0 fully saturated rings. The number of nitrogen functional groups attached to an aromatic ring is 1. The fourth-order valence-corrected chi connectivity index (χ4v) is 1.94. The molecule has 0 radical (unpaired) electrons. The Kier molecular flexibility index (Phi) is 3.95. The molecule has 0 bridgehead atoms. The van der Waals surface area contributed by atoms with Crippen LogP contribution >= 0.6 is 0 Å². The molecule has 0 aliphatic carbocycles. The van der Waals surface area contributed by atoms with Crippen LogP contribution in [0.3, 0.4) is 0 Å². The van der Waals surface area contributed by atoms with E-state index in [4.69, 9.17) is 5.73 Å². The SMILES string of the molecule is CCc1ccc(CC(=O)c2cc(C)ccc2N)nc1. The summed E-state index contributed by atoms with van der Waals surface area (Å²) in [7, 11) is 0. The van der Waals surface area contributed by atoms with Gasteiger partial charge in [0.2, 0.25) is 0 Å². The number of nitrogens with zero attached hydrogens (tertiary/aromatic N) is 1. The largest absolute Gasteiger partial charge is 0.398 e. The summed E-state index contributed by atoms with van der Waals surface area (Å²) in [5.41, 5.74) is 9.95. The number of benzene rings is 1. The predicted octanol–water partition coefficient (Wildman–Crippen LogP) is 2.96. The van der Waals surface area contributed by atoms with Gasteiger partial charge in [-0.2, -0.15) is 0 Å². The van der Waals surface area contributed by atoms with Crippen molar-refractivity contribution in [1.29, 1.82) is 0 Å². The molecule has 1 aromatic heterocycles. The van der Waals surface area contributed by atoms with Crippen molar-refractivity contribution in [3.63, 3.8) is 0 Å². The molecule has 3 heteroatoms. The van der Waals surface area contributed by atoms with Crippen LogP contribution in [0.25, 0.3) is 0 Å². The number of rotatable bonds is 4. The summed E-state index contributed by atoms with van der Waals surface area (Å²) in [6.45, 7) is 4.03. The number of anilines is 1. The fraction of sp³-hybridized carbons (Fsp3) is 0.250. The van der Waals surface area contributed by atoms with Gasteiger partial charge < -0.3 is 5.73 Å². The minimum Gasteiger partial charge on any atom is -0.398 e. The quantitative estimate of drug-likeness (QED) is 0.674. The second-order valence-electron chi connectivity index (χ2n) is 4.70. The Bertz CT molecular complexity index is 588. The molecule has 19 heavy (non-hydrogen) atoms. The summed E-state index contributed by atoms with van der Waals surface area (Å²) >= 11 is 0. The summed E-state index contributed by atoms with van der Waals surface area (Å²) in [6.07, 6.45) is 3.06. The lowest BCUT2D eigenvalue weighted by Crippen LogP contribution is -2.08. The smallest absolute Gasteiger partial charge is 0.170 e. The Morgan fingerprint density at radius 1 is 1.26 bits per heavy atom. The first-order valence-electron chi connectivity index (χ1n) is 6.43. The van der Waals surface area contributed by atoms with Crippen molar-refractivity contribution < 1.29 is 4.79 Å². The maximum atomic E-state index is 12.2. The monoisotopic (exact) mass is 254 g/mol. The first-order valence-corrected chi connectivity index (χ1v) is 6.43. The maximum Gasteiger partial charge on any atom is 0.170 e. The van der Waals surface area contributed by atoms with Gasteiger partial charge in [0.15, 0.2) is 5.78 Å². The predicted molar refractivity (Wildman–Crippen MR) is 77.2 cm³/mol. The Labute approximate surface area is 113 Å². The number of aryl methyl sites for hydroxylation is 2. The molecule has 0 unspecified atom stereocenters. The van der Waals surface area contributed by atoms with E-state index in [9.17, 15) is 4.79 Å². The third-order valence-electron chi connectivity index (χ3n) is 3.15. The number of hydrogen-bond acceptors (Lipinski definition) is 3. The van der Waals surface area contributed by atoms with Gasteiger partial charge in [-0.1, -0.05) is 24.6 Å². The normalized spacial score (nSPS) is 10.4. The van der Waals surface area contributed by atoms with Crippen LogP contribution in [-0.2, 0) is 12.8 Å². The standard InChI is InChI=1S/C16H18N2O/c1-3-12-5-6-13(18-10-12)9-16(19)14-8-11(2)4-7-15(14)17/h4-8,10H,3,9,17H2,1-2H3. The van der Waals surface area contributed by atoms with Gasteiger partial charge in [-0.3, -0.25) is 9.78 Å². The number of hydrogen-bond donors (Lipinski definition) is 1. The summed E-state index contributed by atoms with van der Waals surface area (Å²) in [4.78, 5) is 16.5. The zero-order valence-corrected chi connectivity index (χ0v) is 11.3. The van der Waals surface area contributed by atoms with Crippen molar-refractivity contribution in [2.75, 3.05) is 5.73 Å². The third kappa shape index (κ3) is 3.19. The van der Waals surface area contributed by atoms with Gasteiger partial charge in [0.05, 0.1) is 6.42 Å². The highest BCUT2D eigenvalue weighted by atomic mass is 16.1. The highest BCUT2D eigenvalue weighted by Crippen LogP contribution is 2.16. The lowest BCUT2D eigenvalue weighted by atomic mass is 10.0. The van der Waals surface area contributed by atoms with Crippen molar-refractivity contribution in [1.82, 2.24) is 4.98 Å². The lowest BCUT2D eigenvalue weighted by Gasteiger charge is -2.06. The molecule has 1 heterocycles. The zero-order valence-electron chi connectivity index (χ0n) is 11.3. The molecule has 0 atom stereocenters. The molecule has 0 saturated carbocycles. The molecule has 98 valence electrons. The molecule has 0 saturated heterocycles. The number of Topliss-reactive ketones (excluding diaryl/α,β-unsaturated/α-hetero) is 1. The van der Waals surface area contributed by atoms with Crippen molar-refractivity contribution in [3.8, 4) is 0 Å². The molecule has 3 nitrogen and oxygen atoms in total. The van der Waals surface area contributed by atoms with Crippen molar-refractivity contribution in [3.05, 3.63) is 58.9 Å². The van der Waals surface area contributed by atoms with Crippen molar-refractivity contribution in [2.45, 2.75) is 26.7 Å². The van der Waals surface area contributed by atoms with E-state index < -0.39 is 0 Å². The number of pyridine rings is 1. The summed E-state index contributed by atoms with van der Waals surface area (Å²) in [5, 5.41) is 0. The van der Waals surface area contributed by atoms with E-state index in [1.165, 1.54) is 5.56 Å². The van der Waals surface area contributed by atoms with E-state index in [-0.39, 0.29) is 12.2 Å². The minimum absolute atomic E-state index is 0.0120. The van der Waals surface area contributed by atoms with Gasteiger partial charge in [-0.25, -0.2) is 0 Å². The highest BCUT2D eigenvalue weighted by Gasteiger charge is 2.11. The molecule has 0 aliphatic heterocycles. The highest BCUT2D eigenvalue weighted by molar-refractivity contribution is 6.01. The maximum absolute atomic E-state index is 12.2. The van der Waals surface area contributed by atoms with Gasteiger partial charge in [-0.05, 0) is 37.1 Å². The van der Waals surface area contributed by atoms with E-state index in [1.807, 2.05) is 37.4 Å². The van der Waals surface area contributed by atoms with E-state index in [1.54, 1.807) is 6.07 Å². The Hall–Kier alpha value is -2.16. The van der Waals surface area contributed by atoms with E-state index >= 15 is 0 Å². The Balaban J connectivity index is 2.18. The number of carbonyl (C=O) groups is 1. The van der Waals surface area contributed by atoms with Gasteiger partial charge in [0, 0.05) is 23.1 Å². The third-order valence-corrected chi connectivity index (χ3v) is 3.15. The van der Waals surface area contributed by atoms with E-state index in [0.29, 0.717) is 11.3 Å². The van der Waals surface area contributed by atoms with Crippen LogP contribution in [0.5, 0.6) is 0 Å². The van der Waals surface area contributed by atoms with Crippen molar-refractivity contribution in [2.24, 2.45) is 0 Å². The molecular formula is C16H18N2O. The van der Waals surface area contributed by atoms with Gasteiger partial charge in [0.1, 0.15) is 0 Å². The number of carbonyl (C=O) groups excluding carboxylic acids is 1. The number of nitrogens with two attached hydrogens (primary N) is 1. The molecule has 0 spiro atoms. The molecule has 2 rings (SSSR count). The molecule has 2 aromatic rings. The van der Waals surface area contributed by atoms with Crippen LogP contribution in [0.2, 0.25) is 0 Å². The van der Waals surface area contributed by atoms with Gasteiger partial charge in [-0.15, -0.1) is 0 Å². The van der Waals surface area contributed by atoms with E-state index in [0.717, 1.165) is 17.7 Å². The van der Waals surface area contributed by atoms with Crippen LogP contribution in [0.15, 0.2) is 36.5 Å². The number of aromatic nitrogens is 1. The molecular weight excluding hydrogens is 236 g/mol. The molecule has 2 N–H and O–H groups in total. The molecule has 0 amide bonds.